The van der Waals surface area contributed by atoms with Gasteiger partial charge in [0.1, 0.15) is 11.3 Å². The summed E-state index contributed by atoms with van der Waals surface area (Å²) in [5.41, 5.74) is 9.33. The fourth-order valence-corrected chi connectivity index (χ4v) is 2.17. The van der Waals surface area contributed by atoms with Crippen molar-refractivity contribution in [2.24, 2.45) is 0 Å². The maximum absolute atomic E-state index is 5.94. The number of aryl methyl sites for hydroxylation is 1. The van der Waals surface area contributed by atoms with Crippen LogP contribution < -0.4 is 10.5 Å². The van der Waals surface area contributed by atoms with E-state index in [1.807, 2.05) is 37.4 Å². The Hall–Kier alpha value is -2.56. The van der Waals surface area contributed by atoms with E-state index < -0.39 is 0 Å². The third kappa shape index (κ3) is 2.54. The van der Waals surface area contributed by atoms with Gasteiger partial charge in [-0.2, -0.15) is 5.10 Å². The molecule has 2 N–H and O–H groups in total. The molecule has 3 rings (SSSR count). The summed E-state index contributed by atoms with van der Waals surface area (Å²) in [6, 6.07) is 7.57. The second-order valence-electron chi connectivity index (χ2n) is 5.41. The van der Waals surface area contributed by atoms with Crippen LogP contribution in [-0.2, 0) is 0 Å². The van der Waals surface area contributed by atoms with Crippen LogP contribution >= 0.6 is 0 Å². The molecule has 0 aliphatic heterocycles. The SMILES string of the molecule is Cc1cc(N)ccc1Oc1nccn2nc(C(C)C)cc12. The number of hydrogen-bond donors (Lipinski definition) is 1. The number of hydrogen-bond acceptors (Lipinski definition) is 4. The smallest absolute Gasteiger partial charge is 0.245 e. The minimum atomic E-state index is 0.357. The lowest BCUT2D eigenvalue weighted by atomic mass is 10.1. The fraction of sp³-hybridized carbons (Fsp3) is 0.250. The molecule has 0 unspecified atom stereocenters. The molecule has 2 heterocycles. The molecule has 5 heteroatoms. The number of fused-ring (bicyclic) bond motifs is 1. The van der Waals surface area contributed by atoms with Crippen LogP contribution in [0.15, 0.2) is 36.7 Å². The Labute approximate surface area is 123 Å². The first-order valence-corrected chi connectivity index (χ1v) is 6.93. The zero-order chi connectivity index (χ0) is 15.0. The summed E-state index contributed by atoms with van der Waals surface area (Å²) in [6.07, 6.45) is 3.51. The Balaban J connectivity index is 2.04. The minimum Gasteiger partial charge on any atom is -0.437 e. The number of rotatable bonds is 3. The van der Waals surface area contributed by atoms with Gasteiger partial charge < -0.3 is 10.5 Å². The van der Waals surface area contributed by atoms with Crippen LogP contribution in [0, 0.1) is 6.92 Å². The van der Waals surface area contributed by atoms with E-state index in [2.05, 4.69) is 23.9 Å². The molecule has 2 aromatic heterocycles. The molecule has 108 valence electrons. The molecule has 5 nitrogen and oxygen atoms in total. The van der Waals surface area contributed by atoms with Crippen LogP contribution in [0.5, 0.6) is 11.6 Å². The number of aromatic nitrogens is 3. The predicted molar refractivity (Wildman–Crippen MR) is 82.7 cm³/mol. The highest BCUT2D eigenvalue weighted by Crippen LogP contribution is 2.29. The first-order valence-electron chi connectivity index (χ1n) is 6.93. The van der Waals surface area contributed by atoms with Gasteiger partial charge in [-0.25, -0.2) is 9.50 Å². The van der Waals surface area contributed by atoms with Crippen LogP contribution in [0.25, 0.3) is 5.52 Å². The van der Waals surface area contributed by atoms with Crippen molar-refractivity contribution in [2.75, 3.05) is 5.73 Å². The summed E-state index contributed by atoms with van der Waals surface area (Å²) in [6.45, 7) is 6.18. The zero-order valence-corrected chi connectivity index (χ0v) is 12.4. The molecule has 3 aromatic rings. The van der Waals surface area contributed by atoms with E-state index in [-0.39, 0.29) is 0 Å². The van der Waals surface area contributed by atoms with Crippen molar-refractivity contribution in [3.8, 4) is 11.6 Å². The van der Waals surface area contributed by atoms with E-state index in [4.69, 9.17) is 10.5 Å². The van der Waals surface area contributed by atoms with E-state index in [0.29, 0.717) is 11.8 Å². The van der Waals surface area contributed by atoms with Crippen LogP contribution in [-0.4, -0.2) is 14.6 Å². The third-order valence-electron chi connectivity index (χ3n) is 3.37. The van der Waals surface area contributed by atoms with Gasteiger partial charge in [0, 0.05) is 18.1 Å². The van der Waals surface area contributed by atoms with Gasteiger partial charge in [-0.15, -0.1) is 0 Å². The minimum absolute atomic E-state index is 0.357. The number of anilines is 1. The Morgan fingerprint density at radius 3 is 2.76 bits per heavy atom. The average Bonchev–Trinajstić information content (AvgIpc) is 2.87. The normalized spacial score (nSPS) is 11.2. The first kappa shape index (κ1) is 13.4. The third-order valence-corrected chi connectivity index (χ3v) is 3.37. The summed E-state index contributed by atoms with van der Waals surface area (Å²) >= 11 is 0. The maximum Gasteiger partial charge on any atom is 0.245 e. The lowest BCUT2D eigenvalue weighted by Crippen LogP contribution is -1.96. The average molecular weight is 282 g/mol. The largest absolute Gasteiger partial charge is 0.437 e. The Kier molecular flexibility index (Phi) is 3.25. The van der Waals surface area contributed by atoms with Crippen molar-refractivity contribution < 1.29 is 4.74 Å². The van der Waals surface area contributed by atoms with Gasteiger partial charge in [0.05, 0.1) is 5.69 Å². The lowest BCUT2D eigenvalue weighted by Gasteiger charge is -2.09. The summed E-state index contributed by atoms with van der Waals surface area (Å²) in [4.78, 5) is 4.32. The number of nitrogens with zero attached hydrogens (tertiary/aromatic N) is 3. The standard InChI is InChI=1S/C16H18N4O/c1-10(2)13-9-14-16(18-6-7-20(14)19-13)21-15-5-4-12(17)8-11(15)3/h4-10H,17H2,1-3H3. The van der Waals surface area contributed by atoms with Crippen LogP contribution in [0.4, 0.5) is 5.69 Å². The van der Waals surface area contributed by atoms with Crippen molar-refractivity contribution >= 4 is 11.2 Å². The van der Waals surface area contributed by atoms with Gasteiger partial charge in [-0.05, 0) is 42.7 Å². The topological polar surface area (TPSA) is 65.4 Å². The summed E-state index contributed by atoms with van der Waals surface area (Å²) in [5, 5.41) is 4.53. The molecule has 0 radical (unpaired) electrons. The van der Waals surface area contributed by atoms with Gasteiger partial charge in [-0.1, -0.05) is 13.8 Å². The molecule has 0 bridgehead atoms. The van der Waals surface area contributed by atoms with E-state index >= 15 is 0 Å². The predicted octanol–water partition coefficient (Wildman–Crippen LogP) is 3.54. The molecular formula is C16H18N4O. The highest BCUT2D eigenvalue weighted by molar-refractivity contribution is 5.59. The Morgan fingerprint density at radius 2 is 2.05 bits per heavy atom. The quantitative estimate of drug-likeness (QED) is 0.746. The molecule has 0 amide bonds. The molecule has 0 saturated heterocycles. The number of nitrogen functional groups attached to an aromatic ring is 1. The fourth-order valence-electron chi connectivity index (χ4n) is 2.17. The van der Waals surface area contributed by atoms with E-state index in [0.717, 1.165) is 28.2 Å². The summed E-state index contributed by atoms with van der Waals surface area (Å²) in [5.74, 6) is 1.65. The van der Waals surface area contributed by atoms with Crippen LogP contribution in [0.2, 0.25) is 0 Å². The molecule has 21 heavy (non-hydrogen) atoms. The molecule has 0 fully saturated rings. The lowest BCUT2D eigenvalue weighted by molar-refractivity contribution is 0.462. The van der Waals surface area contributed by atoms with E-state index in [9.17, 15) is 0 Å². The summed E-state index contributed by atoms with van der Waals surface area (Å²) < 4.78 is 7.74. The summed E-state index contributed by atoms with van der Waals surface area (Å²) in [7, 11) is 0. The molecule has 0 spiro atoms. The van der Waals surface area contributed by atoms with Gasteiger partial charge in [0.2, 0.25) is 5.88 Å². The highest BCUT2D eigenvalue weighted by atomic mass is 16.5. The van der Waals surface area contributed by atoms with Gasteiger partial charge in [0.15, 0.2) is 0 Å². The van der Waals surface area contributed by atoms with Gasteiger partial charge in [0.25, 0.3) is 0 Å². The monoisotopic (exact) mass is 282 g/mol. The van der Waals surface area contributed by atoms with Crippen LogP contribution in [0.3, 0.4) is 0 Å². The molecule has 0 saturated carbocycles. The van der Waals surface area contributed by atoms with Crippen molar-refractivity contribution in [2.45, 2.75) is 26.7 Å². The van der Waals surface area contributed by atoms with Crippen molar-refractivity contribution in [3.05, 3.63) is 47.9 Å². The molecule has 0 aliphatic carbocycles. The zero-order valence-electron chi connectivity index (χ0n) is 12.4. The van der Waals surface area contributed by atoms with Crippen molar-refractivity contribution in [1.29, 1.82) is 0 Å². The van der Waals surface area contributed by atoms with E-state index in [1.54, 1.807) is 10.7 Å². The first-order chi connectivity index (χ1) is 10.0. The van der Waals surface area contributed by atoms with Crippen LogP contribution in [0.1, 0.15) is 31.0 Å². The number of ether oxygens (including phenoxy) is 1. The maximum atomic E-state index is 5.94. The highest BCUT2D eigenvalue weighted by Gasteiger charge is 2.12. The molecule has 0 atom stereocenters. The second kappa shape index (κ2) is 5.09. The van der Waals surface area contributed by atoms with Crippen molar-refractivity contribution in [3.63, 3.8) is 0 Å². The van der Waals surface area contributed by atoms with Crippen molar-refractivity contribution in [1.82, 2.24) is 14.6 Å². The van der Waals surface area contributed by atoms with Gasteiger partial charge >= 0.3 is 0 Å². The molecular weight excluding hydrogens is 264 g/mol. The Morgan fingerprint density at radius 1 is 1.24 bits per heavy atom. The number of benzene rings is 1. The van der Waals surface area contributed by atoms with E-state index in [1.165, 1.54) is 0 Å². The molecule has 0 aliphatic rings. The Bertz CT molecular complexity index is 792. The van der Waals surface area contributed by atoms with Gasteiger partial charge in [-0.3, -0.25) is 0 Å². The second-order valence-corrected chi connectivity index (χ2v) is 5.41. The molecule has 1 aromatic carbocycles. The number of nitrogens with two attached hydrogens (primary N) is 1.